The number of benzene rings is 2. The second kappa shape index (κ2) is 5.01. The van der Waals surface area contributed by atoms with Crippen LogP contribution in [0.15, 0.2) is 30.3 Å². The Morgan fingerprint density at radius 3 is 2.10 bits per heavy atom. The highest BCUT2D eigenvalue weighted by Gasteiger charge is 2.13. The lowest BCUT2D eigenvalue weighted by molar-refractivity contribution is 1.11. The number of imidazole rings is 1. The lowest BCUT2D eigenvalue weighted by Crippen LogP contribution is -2.00. The summed E-state index contributed by atoms with van der Waals surface area (Å²) in [6, 6.07) is 8.50. The molecule has 3 nitrogen and oxygen atoms in total. The fourth-order valence-corrected chi connectivity index (χ4v) is 2.86. The van der Waals surface area contributed by atoms with Gasteiger partial charge in [0, 0.05) is 10.0 Å². The van der Waals surface area contributed by atoms with Crippen molar-refractivity contribution in [1.29, 1.82) is 0 Å². The minimum Gasteiger partial charge on any atom is -0.369 e. The Bertz CT molecular complexity index is 806. The monoisotopic (exact) mass is 345 g/mol. The highest BCUT2D eigenvalue weighted by molar-refractivity contribution is 6.42. The average molecular weight is 347 g/mol. The van der Waals surface area contributed by atoms with E-state index in [0.717, 1.165) is 5.52 Å². The molecule has 0 amide bonds. The molecule has 1 heterocycles. The number of hydrogen-bond donors (Lipinski definition) is 1. The van der Waals surface area contributed by atoms with Crippen LogP contribution in [-0.4, -0.2) is 9.55 Å². The van der Waals surface area contributed by atoms with E-state index in [-0.39, 0.29) is 0 Å². The molecular formula is C13H7Cl4N3. The van der Waals surface area contributed by atoms with Gasteiger partial charge in [0.2, 0.25) is 5.95 Å². The largest absolute Gasteiger partial charge is 0.369 e. The second-order valence-electron chi connectivity index (χ2n) is 4.19. The van der Waals surface area contributed by atoms with Crippen LogP contribution in [0.4, 0.5) is 5.95 Å². The number of aromatic nitrogens is 2. The number of anilines is 1. The zero-order chi connectivity index (χ0) is 14.4. The first-order valence-corrected chi connectivity index (χ1v) is 7.06. The van der Waals surface area contributed by atoms with E-state index in [9.17, 15) is 0 Å². The molecule has 2 N–H and O–H groups in total. The van der Waals surface area contributed by atoms with E-state index in [1.54, 1.807) is 34.9 Å². The van der Waals surface area contributed by atoms with Gasteiger partial charge in [-0.1, -0.05) is 46.4 Å². The maximum absolute atomic E-state index is 6.05. The number of nitrogen functional groups attached to an aromatic ring is 1. The van der Waals surface area contributed by atoms with Gasteiger partial charge >= 0.3 is 0 Å². The summed E-state index contributed by atoms with van der Waals surface area (Å²) < 4.78 is 1.72. The van der Waals surface area contributed by atoms with Gasteiger partial charge in [0.15, 0.2) is 0 Å². The summed E-state index contributed by atoms with van der Waals surface area (Å²) >= 11 is 24.1. The van der Waals surface area contributed by atoms with Gasteiger partial charge in [-0.25, -0.2) is 4.98 Å². The predicted molar refractivity (Wildman–Crippen MR) is 85.5 cm³/mol. The molecule has 0 aliphatic rings. The van der Waals surface area contributed by atoms with Crippen molar-refractivity contribution in [2.45, 2.75) is 0 Å². The van der Waals surface area contributed by atoms with Crippen molar-refractivity contribution in [1.82, 2.24) is 9.55 Å². The average Bonchev–Trinajstić information content (AvgIpc) is 2.64. The molecule has 0 aliphatic heterocycles. The fraction of sp³-hybridized carbons (Fsp3) is 0. The summed E-state index contributed by atoms with van der Waals surface area (Å²) in [5.74, 6) is 0.302. The molecular weight excluding hydrogens is 340 g/mol. The SMILES string of the molecule is Nc1nc2cc(Cl)c(Cl)cc2n1-c1cc(Cl)cc(Cl)c1. The van der Waals surface area contributed by atoms with Gasteiger partial charge in [-0.05, 0) is 30.3 Å². The summed E-state index contributed by atoms with van der Waals surface area (Å²) in [6.45, 7) is 0. The van der Waals surface area contributed by atoms with Gasteiger partial charge in [-0.2, -0.15) is 0 Å². The van der Waals surface area contributed by atoms with Crippen LogP contribution in [0, 0.1) is 0 Å². The first kappa shape index (κ1) is 13.8. The first-order chi connectivity index (χ1) is 9.45. The van der Waals surface area contributed by atoms with Crippen LogP contribution in [0.5, 0.6) is 0 Å². The fourth-order valence-electron chi connectivity index (χ4n) is 2.03. The molecule has 0 spiro atoms. The molecule has 0 saturated heterocycles. The van der Waals surface area contributed by atoms with Crippen LogP contribution >= 0.6 is 46.4 Å². The van der Waals surface area contributed by atoms with Gasteiger partial charge < -0.3 is 5.73 Å². The van der Waals surface area contributed by atoms with Crippen molar-refractivity contribution in [3.63, 3.8) is 0 Å². The minimum absolute atomic E-state index is 0.302. The second-order valence-corrected chi connectivity index (χ2v) is 5.88. The maximum atomic E-state index is 6.05. The van der Waals surface area contributed by atoms with E-state index < -0.39 is 0 Å². The highest BCUT2D eigenvalue weighted by atomic mass is 35.5. The van der Waals surface area contributed by atoms with Gasteiger partial charge in [0.25, 0.3) is 0 Å². The maximum Gasteiger partial charge on any atom is 0.205 e. The number of halogens is 4. The molecule has 2 aromatic carbocycles. The van der Waals surface area contributed by atoms with Crippen molar-refractivity contribution < 1.29 is 0 Å². The number of hydrogen-bond acceptors (Lipinski definition) is 2. The lowest BCUT2D eigenvalue weighted by atomic mass is 10.2. The molecule has 3 rings (SSSR count). The molecule has 0 fully saturated rings. The van der Waals surface area contributed by atoms with Crippen molar-refractivity contribution in [2.75, 3.05) is 5.73 Å². The molecule has 3 aromatic rings. The molecule has 0 saturated carbocycles. The van der Waals surface area contributed by atoms with E-state index >= 15 is 0 Å². The summed E-state index contributed by atoms with van der Waals surface area (Å²) in [4.78, 5) is 4.26. The summed E-state index contributed by atoms with van der Waals surface area (Å²) in [6.07, 6.45) is 0. The van der Waals surface area contributed by atoms with Crippen molar-refractivity contribution in [3.8, 4) is 5.69 Å². The Balaban J connectivity index is 2.35. The number of rotatable bonds is 1. The predicted octanol–water partition coefficient (Wildman–Crippen LogP) is 5.22. The van der Waals surface area contributed by atoms with Crippen molar-refractivity contribution in [3.05, 3.63) is 50.4 Å². The molecule has 20 heavy (non-hydrogen) atoms. The molecule has 0 unspecified atom stereocenters. The van der Waals surface area contributed by atoms with Crippen LogP contribution < -0.4 is 5.73 Å². The van der Waals surface area contributed by atoms with Gasteiger partial charge in [-0.15, -0.1) is 0 Å². The van der Waals surface area contributed by atoms with E-state index in [1.165, 1.54) is 0 Å². The number of nitrogens with two attached hydrogens (primary N) is 1. The third-order valence-electron chi connectivity index (χ3n) is 2.83. The van der Waals surface area contributed by atoms with Crippen LogP contribution in [0.25, 0.3) is 16.7 Å². The third kappa shape index (κ3) is 2.31. The van der Waals surface area contributed by atoms with Crippen LogP contribution in [-0.2, 0) is 0 Å². The third-order valence-corrected chi connectivity index (χ3v) is 3.99. The van der Waals surface area contributed by atoms with Crippen molar-refractivity contribution >= 4 is 63.4 Å². The lowest BCUT2D eigenvalue weighted by Gasteiger charge is -2.08. The highest BCUT2D eigenvalue weighted by Crippen LogP contribution is 2.32. The standard InChI is InChI=1S/C13H7Cl4N3/c14-6-1-7(15)3-8(2-6)20-12-5-10(17)9(16)4-11(12)19-13(20)18/h1-5H,(H2,18,19). The van der Waals surface area contributed by atoms with E-state index in [4.69, 9.17) is 52.1 Å². The van der Waals surface area contributed by atoms with Gasteiger partial charge in [-0.3, -0.25) is 4.57 Å². The normalized spacial score (nSPS) is 11.2. The van der Waals surface area contributed by atoms with E-state index in [1.807, 2.05) is 0 Å². The quantitative estimate of drug-likeness (QED) is 0.656. The van der Waals surface area contributed by atoms with Crippen molar-refractivity contribution in [2.24, 2.45) is 0 Å². The molecule has 0 atom stereocenters. The van der Waals surface area contributed by atoms with E-state index in [2.05, 4.69) is 4.98 Å². The molecule has 1 aromatic heterocycles. The zero-order valence-corrected chi connectivity index (χ0v) is 12.9. The van der Waals surface area contributed by atoms with Crippen LogP contribution in [0.3, 0.4) is 0 Å². The van der Waals surface area contributed by atoms with Gasteiger partial charge in [0.05, 0.1) is 26.8 Å². The Labute approximate surface area is 134 Å². The molecule has 7 heteroatoms. The Hall–Kier alpha value is -1.13. The Morgan fingerprint density at radius 1 is 0.850 bits per heavy atom. The first-order valence-electron chi connectivity index (χ1n) is 5.55. The summed E-state index contributed by atoms with van der Waals surface area (Å²) in [5.41, 5.74) is 8.05. The Morgan fingerprint density at radius 2 is 1.45 bits per heavy atom. The van der Waals surface area contributed by atoms with Gasteiger partial charge in [0.1, 0.15) is 0 Å². The number of nitrogens with zero attached hydrogens (tertiary/aromatic N) is 2. The molecule has 0 aliphatic carbocycles. The zero-order valence-electron chi connectivity index (χ0n) is 9.87. The molecule has 0 radical (unpaired) electrons. The minimum atomic E-state index is 0.302. The number of fused-ring (bicyclic) bond motifs is 1. The topological polar surface area (TPSA) is 43.8 Å². The molecule has 102 valence electrons. The van der Waals surface area contributed by atoms with Crippen LogP contribution in [0.2, 0.25) is 20.1 Å². The Kier molecular flexibility index (Phi) is 3.46. The summed E-state index contributed by atoms with van der Waals surface area (Å²) in [7, 11) is 0. The molecule has 0 bridgehead atoms. The smallest absolute Gasteiger partial charge is 0.205 e. The van der Waals surface area contributed by atoms with E-state index in [0.29, 0.717) is 37.2 Å². The summed E-state index contributed by atoms with van der Waals surface area (Å²) in [5, 5.41) is 1.86. The van der Waals surface area contributed by atoms with Crippen LogP contribution in [0.1, 0.15) is 0 Å².